The highest BCUT2D eigenvalue weighted by atomic mass is 16.5. The third-order valence-corrected chi connectivity index (χ3v) is 3.02. The van der Waals surface area contributed by atoms with Crippen LogP contribution in [0.5, 0.6) is 5.75 Å². The van der Waals surface area contributed by atoms with Crippen LogP contribution in [0.25, 0.3) is 0 Å². The highest BCUT2D eigenvalue weighted by Crippen LogP contribution is 2.35. The van der Waals surface area contributed by atoms with Crippen LogP contribution in [0.3, 0.4) is 0 Å². The number of phenols is 1. The van der Waals surface area contributed by atoms with E-state index in [9.17, 15) is 5.11 Å². The minimum Gasteiger partial charge on any atom is -0.507 e. The fourth-order valence-corrected chi connectivity index (χ4v) is 1.84. The van der Waals surface area contributed by atoms with E-state index in [1.807, 2.05) is 26.0 Å². The van der Waals surface area contributed by atoms with Gasteiger partial charge in [0.1, 0.15) is 5.75 Å². The topological polar surface area (TPSA) is 47.9 Å². The maximum atomic E-state index is 10.3. The summed E-state index contributed by atoms with van der Waals surface area (Å²) in [5, 5.41) is 10.3. The maximum absolute atomic E-state index is 10.3. The summed E-state index contributed by atoms with van der Waals surface area (Å²) in [6, 6.07) is 3.79. The summed E-state index contributed by atoms with van der Waals surface area (Å²) >= 11 is 0. The summed E-state index contributed by atoms with van der Waals surface area (Å²) < 4.78 is 15.7. The molecular formula is C14H22O4. The second-order valence-electron chi connectivity index (χ2n) is 4.73. The largest absolute Gasteiger partial charge is 0.507 e. The van der Waals surface area contributed by atoms with Gasteiger partial charge in [-0.3, -0.25) is 0 Å². The minimum atomic E-state index is -0.559. The van der Waals surface area contributed by atoms with Crippen LogP contribution < -0.4 is 0 Å². The highest BCUT2D eigenvalue weighted by molar-refractivity contribution is 5.46. The van der Waals surface area contributed by atoms with Crippen LogP contribution >= 0.6 is 0 Å². The lowest BCUT2D eigenvalue weighted by atomic mass is 9.92. The van der Waals surface area contributed by atoms with Gasteiger partial charge in [0, 0.05) is 32.5 Å². The summed E-state index contributed by atoms with van der Waals surface area (Å²) in [6.45, 7) is 4.67. The Hall–Kier alpha value is -1.10. The number of rotatable bonds is 6. The molecule has 1 N–H and O–H groups in total. The Morgan fingerprint density at radius 1 is 1.06 bits per heavy atom. The van der Waals surface area contributed by atoms with Gasteiger partial charge in [-0.2, -0.15) is 0 Å². The molecule has 0 aliphatic carbocycles. The number of hydrogen-bond donors (Lipinski definition) is 1. The molecule has 0 unspecified atom stereocenters. The van der Waals surface area contributed by atoms with Crippen molar-refractivity contribution in [2.24, 2.45) is 0 Å². The van der Waals surface area contributed by atoms with E-state index >= 15 is 0 Å². The normalized spacial score (nSPS) is 11.8. The van der Waals surface area contributed by atoms with Crippen molar-refractivity contribution in [1.82, 2.24) is 0 Å². The molecule has 0 heterocycles. The average Bonchev–Trinajstić information content (AvgIpc) is 2.33. The average molecular weight is 254 g/mol. The summed E-state index contributed by atoms with van der Waals surface area (Å²) in [7, 11) is 4.87. The molecule has 0 aliphatic rings. The molecule has 0 spiro atoms. The van der Waals surface area contributed by atoms with Gasteiger partial charge in [0.15, 0.2) is 0 Å². The molecule has 0 amide bonds. The molecule has 0 bridgehead atoms. The number of benzene rings is 1. The Bertz CT molecular complexity index is 399. The smallest absolute Gasteiger partial charge is 0.127 e. The number of hydrogen-bond acceptors (Lipinski definition) is 4. The number of ether oxygens (including phenoxy) is 3. The molecule has 0 atom stereocenters. The molecule has 0 saturated heterocycles. The number of methoxy groups -OCH3 is 3. The van der Waals surface area contributed by atoms with Crippen LogP contribution in [0.1, 0.15) is 30.5 Å². The van der Waals surface area contributed by atoms with Gasteiger partial charge in [-0.1, -0.05) is 0 Å². The maximum Gasteiger partial charge on any atom is 0.127 e. The van der Waals surface area contributed by atoms with Crippen LogP contribution in [-0.4, -0.2) is 26.4 Å². The van der Waals surface area contributed by atoms with E-state index in [1.165, 1.54) is 0 Å². The highest BCUT2D eigenvalue weighted by Gasteiger charge is 2.25. The predicted molar refractivity (Wildman–Crippen MR) is 69.6 cm³/mol. The Balaban J connectivity index is 3.30. The van der Waals surface area contributed by atoms with Crippen molar-refractivity contribution < 1.29 is 19.3 Å². The number of aromatic hydroxyl groups is 1. The van der Waals surface area contributed by atoms with Crippen LogP contribution in [0.15, 0.2) is 12.1 Å². The molecular weight excluding hydrogens is 232 g/mol. The Morgan fingerprint density at radius 3 is 2.17 bits per heavy atom. The first-order valence-electron chi connectivity index (χ1n) is 5.84. The van der Waals surface area contributed by atoms with E-state index in [-0.39, 0.29) is 5.75 Å². The van der Waals surface area contributed by atoms with Crippen LogP contribution in [0.4, 0.5) is 0 Å². The van der Waals surface area contributed by atoms with Gasteiger partial charge in [0.05, 0.1) is 18.8 Å². The fraction of sp³-hybridized carbons (Fsp3) is 0.571. The molecule has 0 saturated carbocycles. The molecule has 1 rings (SSSR count). The van der Waals surface area contributed by atoms with Gasteiger partial charge in [0.2, 0.25) is 0 Å². The summed E-state index contributed by atoms with van der Waals surface area (Å²) in [5.41, 5.74) is 1.91. The lowest BCUT2D eigenvalue weighted by Crippen LogP contribution is -2.20. The van der Waals surface area contributed by atoms with Gasteiger partial charge in [-0.15, -0.1) is 0 Å². The van der Waals surface area contributed by atoms with E-state index in [0.29, 0.717) is 13.2 Å². The van der Waals surface area contributed by atoms with Crippen molar-refractivity contribution in [2.45, 2.75) is 32.7 Å². The van der Waals surface area contributed by atoms with Crippen molar-refractivity contribution in [3.05, 3.63) is 28.8 Å². The molecule has 4 heteroatoms. The zero-order valence-corrected chi connectivity index (χ0v) is 11.7. The SMILES string of the molecule is COCc1cc(COC)c(O)c(C(C)(C)OC)c1. The van der Waals surface area contributed by atoms with Gasteiger partial charge in [-0.05, 0) is 31.5 Å². The Kier molecular flexibility index (Phi) is 5.14. The van der Waals surface area contributed by atoms with E-state index in [2.05, 4.69) is 0 Å². The van der Waals surface area contributed by atoms with E-state index < -0.39 is 5.60 Å². The van der Waals surface area contributed by atoms with Gasteiger partial charge in [-0.25, -0.2) is 0 Å². The zero-order chi connectivity index (χ0) is 13.8. The molecule has 0 aromatic heterocycles. The van der Waals surface area contributed by atoms with Crippen molar-refractivity contribution in [1.29, 1.82) is 0 Å². The molecule has 1 aromatic rings. The molecule has 0 radical (unpaired) electrons. The van der Waals surface area contributed by atoms with Gasteiger partial charge in [0.25, 0.3) is 0 Å². The van der Waals surface area contributed by atoms with Crippen molar-refractivity contribution >= 4 is 0 Å². The molecule has 0 aliphatic heterocycles. The van der Waals surface area contributed by atoms with E-state index in [4.69, 9.17) is 14.2 Å². The predicted octanol–water partition coefficient (Wildman–Crippen LogP) is 2.57. The Labute approximate surface area is 108 Å². The monoisotopic (exact) mass is 254 g/mol. The molecule has 18 heavy (non-hydrogen) atoms. The minimum absolute atomic E-state index is 0.226. The van der Waals surface area contributed by atoms with Gasteiger partial charge < -0.3 is 19.3 Å². The summed E-state index contributed by atoms with van der Waals surface area (Å²) in [4.78, 5) is 0. The van der Waals surface area contributed by atoms with Crippen LogP contribution in [0, 0.1) is 0 Å². The third-order valence-electron chi connectivity index (χ3n) is 3.02. The molecule has 0 fully saturated rings. The summed E-state index contributed by atoms with van der Waals surface area (Å²) in [6.07, 6.45) is 0. The Morgan fingerprint density at radius 2 is 1.67 bits per heavy atom. The first kappa shape index (κ1) is 15.0. The quantitative estimate of drug-likeness (QED) is 0.847. The second-order valence-corrected chi connectivity index (χ2v) is 4.73. The first-order chi connectivity index (χ1) is 8.46. The molecule has 4 nitrogen and oxygen atoms in total. The van der Waals surface area contributed by atoms with Crippen molar-refractivity contribution in [3.8, 4) is 5.75 Å². The number of phenolic OH excluding ortho intramolecular Hbond substituents is 1. The fourth-order valence-electron chi connectivity index (χ4n) is 1.84. The van der Waals surface area contributed by atoms with Crippen molar-refractivity contribution in [2.75, 3.05) is 21.3 Å². The van der Waals surface area contributed by atoms with Crippen LogP contribution in [-0.2, 0) is 33.0 Å². The third kappa shape index (κ3) is 3.22. The zero-order valence-electron chi connectivity index (χ0n) is 11.7. The lowest BCUT2D eigenvalue weighted by molar-refractivity contribution is 0.0169. The molecule has 102 valence electrons. The van der Waals surface area contributed by atoms with Crippen LogP contribution in [0.2, 0.25) is 0 Å². The summed E-state index contributed by atoms with van der Waals surface area (Å²) in [5.74, 6) is 0.226. The standard InChI is InChI=1S/C14H22O4/c1-14(2,18-5)12-7-10(8-16-3)6-11(9-17-4)13(12)15/h6-7,15H,8-9H2,1-5H3. The van der Waals surface area contributed by atoms with E-state index in [1.54, 1.807) is 21.3 Å². The van der Waals surface area contributed by atoms with E-state index in [0.717, 1.165) is 16.7 Å². The second kappa shape index (κ2) is 6.18. The van der Waals surface area contributed by atoms with Crippen molar-refractivity contribution in [3.63, 3.8) is 0 Å². The first-order valence-corrected chi connectivity index (χ1v) is 5.84. The molecule has 1 aromatic carbocycles. The van der Waals surface area contributed by atoms with Gasteiger partial charge >= 0.3 is 0 Å². The lowest BCUT2D eigenvalue weighted by Gasteiger charge is -2.26.